The minimum Gasteiger partial charge on any atom is -0.496 e. The van der Waals surface area contributed by atoms with E-state index in [1.807, 2.05) is 13.0 Å². The molecule has 1 heterocycles. The first-order chi connectivity index (χ1) is 13.6. The van der Waals surface area contributed by atoms with Crippen molar-refractivity contribution >= 4 is 35.9 Å². The Kier molecular flexibility index (Phi) is 11.9. The Balaban J connectivity index is 0.00000420. The van der Waals surface area contributed by atoms with Crippen LogP contribution < -0.4 is 15.4 Å². The molecule has 0 aromatic heterocycles. The van der Waals surface area contributed by atoms with Gasteiger partial charge in [-0.05, 0) is 31.5 Å². The minimum absolute atomic E-state index is 0. The molecule has 1 saturated heterocycles. The zero-order valence-corrected chi connectivity index (χ0v) is 20.0. The highest BCUT2D eigenvalue weighted by atomic mass is 127. The van der Waals surface area contributed by atoms with Crippen LogP contribution in [-0.4, -0.2) is 76.5 Å². The van der Waals surface area contributed by atoms with E-state index in [4.69, 9.17) is 14.2 Å². The largest absolute Gasteiger partial charge is 0.496 e. The number of nitrogens with zero attached hydrogens (tertiary/aromatic N) is 2. The van der Waals surface area contributed by atoms with E-state index in [0.29, 0.717) is 23.9 Å². The Morgan fingerprint density at radius 2 is 2.00 bits per heavy atom. The number of ether oxygens (including phenoxy) is 3. The van der Waals surface area contributed by atoms with Crippen LogP contribution in [0.3, 0.4) is 0 Å². The first-order valence-corrected chi connectivity index (χ1v) is 9.68. The molecule has 1 aliphatic heterocycles. The average Bonchev–Trinajstić information content (AvgIpc) is 2.75. The van der Waals surface area contributed by atoms with Crippen LogP contribution in [0, 0.1) is 0 Å². The molecule has 1 fully saturated rings. The zero-order valence-electron chi connectivity index (χ0n) is 17.7. The molecule has 1 atom stereocenters. The normalized spacial score (nSPS) is 15.8. The van der Waals surface area contributed by atoms with Gasteiger partial charge in [0.2, 0.25) is 0 Å². The number of carbonyl (C=O) groups is 1. The van der Waals surface area contributed by atoms with Crippen LogP contribution >= 0.6 is 24.0 Å². The number of hydrogen-bond acceptors (Lipinski definition) is 6. The van der Waals surface area contributed by atoms with E-state index in [9.17, 15) is 4.79 Å². The molecule has 0 amide bonds. The number of esters is 1. The fourth-order valence-electron chi connectivity index (χ4n) is 3.03. The van der Waals surface area contributed by atoms with Gasteiger partial charge < -0.3 is 24.8 Å². The number of nitrogens with one attached hydrogen (secondary N) is 2. The summed E-state index contributed by atoms with van der Waals surface area (Å²) >= 11 is 0. The number of carbonyl (C=O) groups excluding carboxylic acids is 1. The molecule has 1 aromatic rings. The van der Waals surface area contributed by atoms with E-state index in [-0.39, 0.29) is 24.0 Å². The second-order valence-electron chi connectivity index (χ2n) is 6.60. The predicted molar refractivity (Wildman–Crippen MR) is 124 cm³/mol. The van der Waals surface area contributed by atoms with Gasteiger partial charge >= 0.3 is 5.97 Å². The van der Waals surface area contributed by atoms with Crippen molar-refractivity contribution < 1.29 is 19.0 Å². The lowest BCUT2D eigenvalue weighted by Crippen LogP contribution is -2.49. The summed E-state index contributed by atoms with van der Waals surface area (Å²) in [6.45, 7) is 9.73. The van der Waals surface area contributed by atoms with Gasteiger partial charge in [-0.15, -0.1) is 24.0 Å². The topological polar surface area (TPSA) is 84.4 Å². The summed E-state index contributed by atoms with van der Waals surface area (Å²) in [4.78, 5) is 19.0. The highest BCUT2D eigenvalue weighted by molar-refractivity contribution is 14.0. The second kappa shape index (κ2) is 13.6. The van der Waals surface area contributed by atoms with Crippen LogP contribution in [0.2, 0.25) is 0 Å². The number of halogens is 1. The van der Waals surface area contributed by atoms with Gasteiger partial charge in [-0.2, -0.15) is 0 Å². The first kappa shape index (κ1) is 25.4. The van der Waals surface area contributed by atoms with Crippen LogP contribution in [-0.2, 0) is 16.0 Å². The fraction of sp³-hybridized carbons (Fsp3) is 0.600. The molecule has 29 heavy (non-hydrogen) atoms. The molecule has 0 spiro atoms. The van der Waals surface area contributed by atoms with Crippen LogP contribution in [0.25, 0.3) is 0 Å². The Morgan fingerprint density at radius 3 is 2.62 bits per heavy atom. The maximum atomic E-state index is 11.9. The highest BCUT2D eigenvalue weighted by Gasteiger charge is 2.17. The van der Waals surface area contributed by atoms with Crippen LogP contribution in [0.5, 0.6) is 5.75 Å². The molecule has 0 bridgehead atoms. The molecule has 0 saturated carbocycles. The van der Waals surface area contributed by atoms with Crippen molar-refractivity contribution in [3.05, 3.63) is 29.3 Å². The summed E-state index contributed by atoms with van der Waals surface area (Å²) in [5.74, 6) is 0.814. The van der Waals surface area contributed by atoms with E-state index in [0.717, 1.165) is 50.9 Å². The lowest BCUT2D eigenvalue weighted by Gasteiger charge is -2.32. The molecule has 1 aliphatic rings. The molecule has 0 aliphatic carbocycles. The predicted octanol–water partition coefficient (Wildman–Crippen LogP) is 1.88. The summed E-state index contributed by atoms with van der Waals surface area (Å²) in [5, 5.41) is 6.66. The van der Waals surface area contributed by atoms with Crippen LogP contribution in [0.1, 0.15) is 29.8 Å². The SMILES string of the molecule is CCNC(=NCc1ccc(OC)c(C(=O)OC)c1)NCC(C)N1CCOCC1.I. The van der Waals surface area contributed by atoms with E-state index in [2.05, 4.69) is 27.4 Å². The van der Waals surface area contributed by atoms with Gasteiger partial charge in [0.15, 0.2) is 5.96 Å². The van der Waals surface area contributed by atoms with E-state index in [1.165, 1.54) is 14.2 Å². The van der Waals surface area contributed by atoms with Gasteiger partial charge in [-0.1, -0.05) is 6.07 Å². The number of rotatable bonds is 8. The van der Waals surface area contributed by atoms with Gasteiger partial charge in [-0.25, -0.2) is 9.79 Å². The first-order valence-electron chi connectivity index (χ1n) is 9.68. The number of hydrogen-bond donors (Lipinski definition) is 2. The summed E-state index contributed by atoms with van der Waals surface area (Å²) in [6, 6.07) is 5.81. The van der Waals surface area contributed by atoms with Crippen molar-refractivity contribution in [3.8, 4) is 5.75 Å². The fourth-order valence-corrected chi connectivity index (χ4v) is 3.03. The summed E-state index contributed by atoms with van der Waals surface area (Å²) in [6.07, 6.45) is 0. The third kappa shape index (κ3) is 7.98. The molecule has 0 radical (unpaired) electrons. The van der Waals surface area contributed by atoms with Crippen molar-refractivity contribution in [3.63, 3.8) is 0 Å². The lowest BCUT2D eigenvalue weighted by atomic mass is 10.1. The quantitative estimate of drug-likeness (QED) is 0.235. The number of morpholine rings is 1. The molecule has 164 valence electrons. The van der Waals surface area contributed by atoms with Crippen molar-refractivity contribution in [1.82, 2.24) is 15.5 Å². The van der Waals surface area contributed by atoms with Crippen LogP contribution in [0.4, 0.5) is 0 Å². The molecular formula is C20H33IN4O4. The Bertz CT molecular complexity index is 666. The molecule has 2 rings (SSSR count). The van der Waals surface area contributed by atoms with Gasteiger partial charge in [-0.3, -0.25) is 4.90 Å². The maximum absolute atomic E-state index is 11.9. The number of benzene rings is 1. The standard InChI is InChI=1S/C20H32N4O4.HI/c1-5-21-20(22-13-15(2)24-8-10-28-11-9-24)23-14-16-6-7-18(26-3)17(12-16)19(25)27-4;/h6-7,12,15H,5,8-11,13-14H2,1-4H3,(H2,21,22,23);1H. The summed E-state index contributed by atoms with van der Waals surface area (Å²) < 4.78 is 15.5. The molecular weight excluding hydrogens is 487 g/mol. The van der Waals surface area contributed by atoms with Gasteiger partial charge in [0.25, 0.3) is 0 Å². The van der Waals surface area contributed by atoms with E-state index in [1.54, 1.807) is 12.1 Å². The van der Waals surface area contributed by atoms with Crippen molar-refractivity contribution in [2.24, 2.45) is 4.99 Å². The van der Waals surface area contributed by atoms with Crippen molar-refractivity contribution in [1.29, 1.82) is 0 Å². The van der Waals surface area contributed by atoms with Crippen molar-refractivity contribution in [2.75, 3.05) is 53.6 Å². The van der Waals surface area contributed by atoms with Gasteiger partial charge in [0.05, 0.1) is 34.0 Å². The number of aliphatic imine (C=N–C) groups is 1. The van der Waals surface area contributed by atoms with Crippen LogP contribution in [0.15, 0.2) is 23.2 Å². The van der Waals surface area contributed by atoms with Crippen molar-refractivity contribution in [2.45, 2.75) is 26.4 Å². The molecule has 8 nitrogen and oxygen atoms in total. The van der Waals surface area contributed by atoms with E-state index >= 15 is 0 Å². The van der Waals surface area contributed by atoms with Gasteiger partial charge in [0.1, 0.15) is 11.3 Å². The average molecular weight is 520 g/mol. The van der Waals surface area contributed by atoms with E-state index < -0.39 is 5.97 Å². The number of guanidine groups is 1. The summed E-state index contributed by atoms with van der Waals surface area (Å²) in [5.41, 5.74) is 1.30. The van der Waals surface area contributed by atoms with Gasteiger partial charge in [0, 0.05) is 32.2 Å². The summed E-state index contributed by atoms with van der Waals surface area (Å²) in [7, 11) is 2.89. The zero-order chi connectivity index (χ0) is 20.4. The number of methoxy groups -OCH3 is 2. The molecule has 1 unspecified atom stereocenters. The third-order valence-electron chi connectivity index (χ3n) is 4.67. The Hall–Kier alpha value is -1.59. The molecule has 1 aromatic carbocycles. The minimum atomic E-state index is -0.424. The monoisotopic (exact) mass is 520 g/mol. The lowest BCUT2D eigenvalue weighted by molar-refractivity contribution is 0.0211. The molecule has 2 N–H and O–H groups in total. The highest BCUT2D eigenvalue weighted by Crippen LogP contribution is 2.21. The maximum Gasteiger partial charge on any atom is 0.341 e. The second-order valence-corrected chi connectivity index (χ2v) is 6.60. The molecule has 9 heteroatoms. The Labute approximate surface area is 190 Å². The smallest absolute Gasteiger partial charge is 0.341 e. The third-order valence-corrected chi connectivity index (χ3v) is 4.67. The Morgan fingerprint density at radius 1 is 1.28 bits per heavy atom.